The Bertz CT molecular complexity index is 492. The molecule has 1 N–H and O–H groups in total. The van der Waals surface area contributed by atoms with Crippen LogP contribution in [0.3, 0.4) is 0 Å². The van der Waals surface area contributed by atoms with Gasteiger partial charge in [0.15, 0.2) is 0 Å². The predicted octanol–water partition coefficient (Wildman–Crippen LogP) is 1.21. The molecule has 1 aliphatic rings. The maximum atomic E-state index is 11.9. The van der Waals surface area contributed by atoms with Crippen molar-refractivity contribution in [2.75, 3.05) is 39.3 Å². The van der Waals surface area contributed by atoms with Crippen molar-refractivity contribution in [2.24, 2.45) is 5.92 Å². The molecule has 0 saturated carbocycles. The van der Waals surface area contributed by atoms with Crippen LogP contribution in [0.5, 0.6) is 5.75 Å². The van der Waals surface area contributed by atoms with Gasteiger partial charge in [-0.1, -0.05) is 12.1 Å². The van der Waals surface area contributed by atoms with E-state index in [1.165, 1.54) is 0 Å². The maximum absolute atomic E-state index is 11.9. The van der Waals surface area contributed by atoms with E-state index in [1.807, 2.05) is 43.3 Å². The van der Waals surface area contributed by atoms with Gasteiger partial charge in [0.25, 0.3) is 0 Å². The molecule has 1 aliphatic heterocycles. The Morgan fingerprint density at radius 2 is 2.25 bits per heavy atom. The van der Waals surface area contributed by atoms with Gasteiger partial charge in [-0.25, -0.2) is 0 Å². The van der Waals surface area contributed by atoms with Gasteiger partial charge >= 0.3 is 0 Å². The summed E-state index contributed by atoms with van der Waals surface area (Å²) in [4.78, 5) is 2.04. The monoisotopic (exact) mass is 297 g/mol. The van der Waals surface area contributed by atoms with Crippen molar-refractivity contribution in [1.29, 1.82) is 0 Å². The zero-order valence-corrected chi connectivity index (χ0v) is 13.2. The van der Waals surface area contributed by atoms with Gasteiger partial charge in [-0.15, -0.1) is 0 Å². The summed E-state index contributed by atoms with van der Waals surface area (Å²) in [5.41, 5.74) is -0.0624. The van der Waals surface area contributed by atoms with E-state index in [0.717, 1.165) is 17.9 Å². The van der Waals surface area contributed by atoms with Crippen molar-refractivity contribution in [2.45, 2.75) is 12.0 Å². The van der Waals surface area contributed by atoms with Crippen LogP contribution < -0.4 is 4.74 Å². The van der Waals surface area contributed by atoms with E-state index in [2.05, 4.69) is 0 Å². The quantitative estimate of drug-likeness (QED) is 0.908. The number of ether oxygens (including phenoxy) is 1. The Morgan fingerprint density at radius 3 is 2.90 bits per heavy atom. The second kappa shape index (κ2) is 6.24. The Labute approximate surface area is 123 Å². The van der Waals surface area contributed by atoms with Crippen LogP contribution in [0.15, 0.2) is 24.3 Å². The zero-order valence-electron chi connectivity index (χ0n) is 12.3. The summed E-state index contributed by atoms with van der Waals surface area (Å²) in [6.45, 7) is 0.722. The van der Waals surface area contributed by atoms with Crippen LogP contribution in [0.4, 0.5) is 0 Å². The lowest BCUT2D eigenvalue weighted by Gasteiger charge is -2.41. The number of rotatable bonds is 4. The van der Waals surface area contributed by atoms with Crippen LogP contribution in [-0.4, -0.2) is 53.5 Å². The highest BCUT2D eigenvalue weighted by Gasteiger charge is 2.43. The van der Waals surface area contributed by atoms with E-state index in [1.54, 1.807) is 7.11 Å². The van der Waals surface area contributed by atoms with Crippen molar-refractivity contribution >= 4 is 10.8 Å². The number of hydrogen-bond acceptors (Lipinski definition) is 4. The van der Waals surface area contributed by atoms with Crippen molar-refractivity contribution in [1.82, 2.24) is 4.90 Å². The van der Waals surface area contributed by atoms with Gasteiger partial charge in [-0.05, 0) is 38.2 Å². The lowest BCUT2D eigenvalue weighted by molar-refractivity contribution is -0.0304. The minimum absolute atomic E-state index is 0.0285. The van der Waals surface area contributed by atoms with Crippen molar-refractivity contribution in [3.63, 3.8) is 0 Å². The average molecular weight is 297 g/mol. The molecule has 0 radical (unpaired) electrons. The fourth-order valence-electron chi connectivity index (χ4n) is 2.84. The van der Waals surface area contributed by atoms with Crippen LogP contribution in [0.25, 0.3) is 0 Å². The summed E-state index contributed by atoms with van der Waals surface area (Å²) < 4.78 is 17.1. The molecule has 0 bridgehead atoms. The Kier molecular flexibility index (Phi) is 4.83. The van der Waals surface area contributed by atoms with Gasteiger partial charge in [-0.2, -0.15) is 0 Å². The molecule has 4 nitrogen and oxygen atoms in total. The van der Waals surface area contributed by atoms with Gasteiger partial charge < -0.3 is 14.7 Å². The van der Waals surface area contributed by atoms with Crippen LogP contribution in [0.2, 0.25) is 0 Å². The molecule has 1 fully saturated rings. The van der Waals surface area contributed by atoms with Crippen LogP contribution in [0.1, 0.15) is 12.0 Å². The smallest absolute Gasteiger partial charge is 0.119 e. The third-order valence-corrected chi connectivity index (χ3v) is 5.36. The first-order chi connectivity index (χ1) is 9.45. The van der Waals surface area contributed by atoms with E-state index < -0.39 is 16.4 Å². The maximum Gasteiger partial charge on any atom is 0.119 e. The predicted molar refractivity (Wildman–Crippen MR) is 81.4 cm³/mol. The second-order valence-corrected chi connectivity index (χ2v) is 7.30. The van der Waals surface area contributed by atoms with Gasteiger partial charge in [-0.3, -0.25) is 4.21 Å². The normalized spacial score (nSPS) is 30.4. The molecule has 112 valence electrons. The molecule has 0 aliphatic carbocycles. The van der Waals surface area contributed by atoms with Crippen molar-refractivity contribution in [3.8, 4) is 5.75 Å². The van der Waals surface area contributed by atoms with Gasteiger partial charge in [0.2, 0.25) is 0 Å². The topological polar surface area (TPSA) is 49.8 Å². The van der Waals surface area contributed by atoms with E-state index in [9.17, 15) is 9.32 Å². The molecule has 1 saturated heterocycles. The SMILES string of the molecule is COc1cccc([C@]2(O)CC[S@@](=O)C[C@H]2CN(C)C)c1. The molecule has 1 aromatic rings. The molecule has 20 heavy (non-hydrogen) atoms. The Morgan fingerprint density at radius 1 is 1.50 bits per heavy atom. The number of nitrogens with zero attached hydrogens (tertiary/aromatic N) is 1. The molecule has 0 amide bonds. The highest BCUT2D eigenvalue weighted by molar-refractivity contribution is 7.85. The molecule has 1 heterocycles. The van der Waals surface area contributed by atoms with Gasteiger partial charge in [0.1, 0.15) is 5.75 Å². The molecule has 0 spiro atoms. The average Bonchev–Trinajstić information content (AvgIpc) is 2.42. The number of hydrogen-bond donors (Lipinski definition) is 1. The van der Waals surface area contributed by atoms with Crippen LogP contribution in [-0.2, 0) is 16.4 Å². The Balaban J connectivity index is 2.34. The van der Waals surface area contributed by atoms with Crippen molar-refractivity contribution < 1.29 is 14.1 Å². The minimum atomic E-state index is -0.924. The zero-order chi connectivity index (χ0) is 14.8. The van der Waals surface area contributed by atoms with Gasteiger partial charge in [0, 0.05) is 34.8 Å². The third kappa shape index (κ3) is 3.22. The van der Waals surface area contributed by atoms with Gasteiger partial charge in [0.05, 0.1) is 12.7 Å². The molecule has 1 aromatic carbocycles. The second-order valence-electron chi connectivity index (χ2n) is 5.68. The standard InChI is InChI=1S/C15H23NO3S/c1-16(2)10-13-11-20(18)8-7-15(13,17)12-5-4-6-14(9-12)19-3/h4-6,9,13,17H,7-8,10-11H2,1-3H3/t13-,15-,20-/m1/s1. The fraction of sp³-hybridized carbons (Fsp3) is 0.600. The number of aliphatic hydroxyl groups is 1. The first-order valence-electron chi connectivity index (χ1n) is 6.82. The van der Waals surface area contributed by atoms with E-state index in [4.69, 9.17) is 4.74 Å². The summed E-state index contributed by atoms with van der Waals surface area (Å²) in [7, 11) is 4.74. The molecule has 0 aromatic heterocycles. The minimum Gasteiger partial charge on any atom is -0.497 e. The molecule has 0 unspecified atom stereocenters. The van der Waals surface area contributed by atoms with E-state index in [-0.39, 0.29) is 5.92 Å². The van der Waals surface area contributed by atoms with Crippen LogP contribution >= 0.6 is 0 Å². The third-order valence-electron chi connectivity index (χ3n) is 3.93. The first-order valence-corrected chi connectivity index (χ1v) is 8.31. The van der Waals surface area contributed by atoms with Crippen LogP contribution in [0, 0.1) is 5.92 Å². The Hall–Kier alpha value is -0.910. The van der Waals surface area contributed by atoms with E-state index in [0.29, 0.717) is 17.9 Å². The summed E-state index contributed by atoms with van der Waals surface area (Å²) in [5.74, 6) is 1.81. The molecule has 5 heteroatoms. The summed E-state index contributed by atoms with van der Waals surface area (Å²) in [6, 6.07) is 7.58. The first kappa shape index (κ1) is 15.5. The number of benzene rings is 1. The summed E-state index contributed by atoms with van der Waals surface area (Å²) >= 11 is 0. The largest absolute Gasteiger partial charge is 0.497 e. The number of methoxy groups -OCH3 is 1. The summed E-state index contributed by atoms with van der Waals surface area (Å²) in [5, 5.41) is 11.2. The molecule has 3 atom stereocenters. The summed E-state index contributed by atoms with van der Waals surface area (Å²) in [6.07, 6.45) is 0.533. The lowest BCUT2D eigenvalue weighted by Crippen LogP contribution is -2.48. The van der Waals surface area contributed by atoms with E-state index >= 15 is 0 Å². The van der Waals surface area contributed by atoms with Crippen molar-refractivity contribution in [3.05, 3.63) is 29.8 Å². The fourth-order valence-corrected chi connectivity index (χ4v) is 4.37. The lowest BCUT2D eigenvalue weighted by atomic mass is 9.79. The highest BCUT2D eigenvalue weighted by atomic mass is 32.2. The highest BCUT2D eigenvalue weighted by Crippen LogP contribution is 2.38. The molecular weight excluding hydrogens is 274 g/mol. The molecule has 2 rings (SSSR count). The molecular formula is C15H23NO3S.